The standard InChI is InChI=1S/C44H29N3Si/c45-30-33-27-35(47-42-25-12-10-23-40(42)41-24-11-13-26-43(41)47)28-34(31-46)44(33)32-15-14-22-39(29-32)48(36-16-4-1-5-17-36,37-18-6-2-7-19-37)38-20-8-3-9-21-38/h1-29H. The summed E-state index contributed by atoms with van der Waals surface area (Å²) in [6, 6.07) is 66.2. The molecular formula is C44H29N3Si. The van der Waals surface area contributed by atoms with Crippen molar-refractivity contribution in [2.75, 3.05) is 0 Å². The van der Waals surface area contributed by atoms with Crippen LogP contribution in [0, 0.1) is 22.7 Å². The quantitative estimate of drug-likeness (QED) is 0.141. The minimum Gasteiger partial charge on any atom is -0.309 e. The van der Waals surface area contributed by atoms with Crippen LogP contribution in [0.1, 0.15) is 11.1 Å². The van der Waals surface area contributed by atoms with Gasteiger partial charge in [-0.2, -0.15) is 10.5 Å². The second kappa shape index (κ2) is 12.0. The number of rotatable bonds is 6. The Balaban J connectivity index is 1.39. The Labute approximate surface area is 280 Å². The summed E-state index contributed by atoms with van der Waals surface area (Å²) in [6.07, 6.45) is 0. The molecule has 8 rings (SSSR count). The van der Waals surface area contributed by atoms with Gasteiger partial charge in [-0.15, -0.1) is 0 Å². The first-order valence-corrected chi connectivity index (χ1v) is 18.0. The van der Waals surface area contributed by atoms with E-state index in [2.05, 4.69) is 150 Å². The van der Waals surface area contributed by atoms with Crippen LogP contribution in [0.3, 0.4) is 0 Å². The lowest BCUT2D eigenvalue weighted by Crippen LogP contribution is -2.74. The zero-order chi connectivity index (χ0) is 32.5. The van der Waals surface area contributed by atoms with Crippen LogP contribution in [0.4, 0.5) is 0 Å². The van der Waals surface area contributed by atoms with Crippen LogP contribution in [0.2, 0.25) is 0 Å². The monoisotopic (exact) mass is 627 g/mol. The van der Waals surface area contributed by atoms with Crippen LogP contribution in [0.15, 0.2) is 176 Å². The Hall–Kier alpha value is -6.46. The van der Waals surface area contributed by atoms with Crippen molar-refractivity contribution in [2.45, 2.75) is 0 Å². The highest BCUT2D eigenvalue weighted by atomic mass is 28.3. The topological polar surface area (TPSA) is 52.5 Å². The molecular weight excluding hydrogens is 599 g/mol. The number of nitrogens with zero attached hydrogens (tertiary/aromatic N) is 3. The summed E-state index contributed by atoms with van der Waals surface area (Å²) >= 11 is 0. The van der Waals surface area contributed by atoms with E-state index in [-0.39, 0.29) is 0 Å². The number of aromatic nitrogens is 1. The van der Waals surface area contributed by atoms with E-state index in [9.17, 15) is 10.5 Å². The lowest BCUT2D eigenvalue weighted by atomic mass is 9.94. The SMILES string of the molecule is N#Cc1cc(-n2c3ccccc3c3ccccc32)cc(C#N)c1-c1cccc([Si](c2ccccc2)(c2ccccc2)c2ccccc2)c1. The molecule has 48 heavy (non-hydrogen) atoms. The van der Waals surface area contributed by atoms with Crippen LogP contribution in [0.5, 0.6) is 0 Å². The lowest BCUT2D eigenvalue weighted by molar-refractivity contribution is 1.17. The van der Waals surface area contributed by atoms with Crippen molar-refractivity contribution in [3.63, 3.8) is 0 Å². The van der Waals surface area contributed by atoms with Gasteiger partial charge in [-0.3, -0.25) is 0 Å². The normalized spacial score (nSPS) is 11.3. The molecule has 0 unspecified atom stereocenters. The molecule has 7 aromatic carbocycles. The molecule has 224 valence electrons. The fraction of sp³-hybridized carbons (Fsp3) is 0. The van der Waals surface area contributed by atoms with Crippen molar-refractivity contribution in [2.24, 2.45) is 0 Å². The number of fused-ring (bicyclic) bond motifs is 3. The van der Waals surface area contributed by atoms with E-state index >= 15 is 0 Å². The van der Waals surface area contributed by atoms with Crippen LogP contribution in [-0.4, -0.2) is 12.6 Å². The molecule has 0 amide bonds. The molecule has 0 atom stereocenters. The first-order valence-electron chi connectivity index (χ1n) is 16.0. The van der Waals surface area contributed by atoms with E-state index in [1.807, 2.05) is 42.5 Å². The first-order chi connectivity index (χ1) is 23.7. The zero-order valence-corrected chi connectivity index (χ0v) is 27.1. The van der Waals surface area contributed by atoms with Crippen LogP contribution >= 0.6 is 0 Å². The number of hydrogen-bond acceptors (Lipinski definition) is 2. The maximum Gasteiger partial charge on any atom is 0.179 e. The average molecular weight is 628 g/mol. The third-order valence-corrected chi connectivity index (χ3v) is 14.2. The molecule has 0 fully saturated rings. The molecule has 1 heterocycles. The zero-order valence-electron chi connectivity index (χ0n) is 26.1. The molecule has 0 aliphatic heterocycles. The molecule has 0 bridgehead atoms. The minimum absolute atomic E-state index is 0.467. The third-order valence-electron chi connectivity index (χ3n) is 9.41. The summed E-state index contributed by atoms with van der Waals surface area (Å²) < 4.78 is 2.16. The predicted octanol–water partition coefficient (Wildman–Crippen LogP) is 7.57. The van der Waals surface area contributed by atoms with Crippen LogP contribution in [0.25, 0.3) is 38.6 Å². The highest BCUT2D eigenvalue weighted by Gasteiger charge is 2.41. The molecule has 8 aromatic rings. The summed E-state index contributed by atoms with van der Waals surface area (Å²) in [4.78, 5) is 0. The maximum atomic E-state index is 10.7. The summed E-state index contributed by atoms with van der Waals surface area (Å²) in [5.74, 6) is 0. The van der Waals surface area contributed by atoms with Gasteiger partial charge < -0.3 is 4.57 Å². The van der Waals surface area contributed by atoms with E-state index in [1.165, 1.54) is 20.7 Å². The predicted molar refractivity (Wildman–Crippen MR) is 199 cm³/mol. The van der Waals surface area contributed by atoms with Gasteiger partial charge >= 0.3 is 0 Å². The van der Waals surface area contributed by atoms with Crippen molar-refractivity contribution in [1.29, 1.82) is 10.5 Å². The Bertz CT molecular complexity index is 2340. The van der Waals surface area contributed by atoms with Crippen molar-refractivity contribution in [3.8, 4) is 29.0 Å². The van der Waals surface area contributed by atoms with Gasteiger partial charge in [0.05, 0.1) is 34.3 Å². The molecule has 0 saturated heterocycles. The Morgan fingerprint density at radius 3 is 1.29 bits per heavy atom. The molecule has 0 aliphatic rings. The Kier molecular flexibility index (Phi) is 7.27. The van der Waals surface area contributed by atoms with Crippen molar-refractivity contribution >= 4 is 50.6 Å². The van der Waals surface area contributed by atoms with E-state index < -0.39 is 8.07 Å². The van der Waals surface area contributed by atoms with Crippen molar-refractivity contribution < 1.29 is 0 Å². The number of benzene rings is 7. The van der Waals surface area contributed by atoms with Crippen LogP contribution < -0.4 is 20.7 Å². The minimum atomic E-state index is -2.80. The number of nitriles is 2. The van der Waals surface area contributed by atoms with Gasteiger partial charge in [0, 0.05) is 22.0 Å². The average Bonchev–Trinajstić information content (AvgIpc) is 3.50. The van der Waals surface area contributed by atoms with Gasteiger partial charge in [0.1, 0.15) is 0 Å². The van der Waals surface area contributed by atoms with Crippen LogP contribution in [-0.2, 0) is 0 Å². The molecule has 1 aromatic heterocycles. The van der Waals surface area contributed by atoms with Gasteiger partial charge in [-0.25, -0.2) is 0 Å². The van der Waals surface area contributed by atoms with E-state index in [4.69, 9.17) is 0 Å². The summed E-state index contributed by atoms with van der Waals surface area (Å²) in [7, 11) is -2.80. The van der Waals surface area contributed by atoms with Gasteiger partial charge in [0.2, 0.25) is 0 Å². The van der Waals surface area contributed by atoms with E-state index in [0.717, 1.165) is 33.1 Å². The highest BCUT2D eigenvalue weighted by Crippen LogP contribution is 2.35. The molecule has 0 radical (unpaired) electrons. The molecule has 0 saturated carbocycles. The second-order valence-electron chi connectivity index (χ2n) is 11.9. The number of hydrogen-bond donors (Lipinski definition) is 0. The summed E-state index contributed by atoms with van der Waals surface area (Å²) in [6.45, 7) is 0. The first kappa shape index (κ1) is 29.0. The van der Waals surface area contributed by atoms with E-state index in [0.29, 0.717) is 16.7 Å². The lowest BCUT2D eigenvalue weighted by Gasteiger charge is -2.34. The molecule has 3 nitrogen and oxygen atoms in total. The Morgan fingerprint density at radius 1 is 0.417 bits per heavy atom. The van der Waals surface area contributed by atoms with Gasteiger partial charge in [-0.1, -0.05) is 152 Å². The van der Waals surface area contributed by atoms with Gasteiger partial charge in [0.25, 0.3) is 0 Å². The maximum absolute atomic E-state index is 10.7. The highest BCUT2D eigenvalue weighted by molar-refractivity contribution is 7.19. The summed E-state index contributed by atoms with van der Waals surface area (Å²) in [5.41, 5.74) is 5.31. The van der Waals surface area contributed by atoms with Gasteiger partial charge in [-0.05, 0) is 50.6 Å². The fourth-order valence-electron chi connectivity index (χ4n) is 7.42. The fourth-order valence-corrected chi connectivity index (χ4v) is 12.2. The molecule has 0 spiro atoms. The molecule has 0 N–H and O–H groups in total. The van der Waals surface area contributed by atoms with Crippen molar-refractivity contribution in [1.82, 2.24) is 4.57 Å². The Morgan fingerprint density at radius 2 is 0.833 bits per heavy atom. The van der Waals surface area contributed by atoms with Gasteiger partial charge in [0.15, 0.2) is 8.07 Å². The second-order valence-corrected chi connectivity index (χ2v) is 15.7. The van der Waals surface area contributed by atoms with E-state index in [1.54, 1.807) is 0 Å². The smallest absolute Gasteiger partial charge is 0.179 e. The third kappa shape index (κ3) is 4.55. The largest absolute Gasteiger partial charge is 0.309 e. The number of para-hydroxylation sites is 2. The molecule has 0 aliphatic carbocycles. The summed E-state index contributed by atoms with van der Waals surface area (Å²) in [5, 5.41) is 28.5. The molecule has 4 heteroatoms. The van der Waals surface area contributed by atoms with Crippen molar-refractivity contribution in [3.05, 3.63) is 187 Å².